The Balaban J connectivity index is 0.000000169. The minimum atomic E-state index is -3.51. The SMILES string of the molecule is Cc1c(C(=O)O)ccc(CN2CCC2)c1C(=O)O.O=S(=O)(c1ccccc1)n1ccc2ccccc21. The molecule has 2 N–H and O–H groups in total. The van der Waals surface area contributed by atoms with Gasteiger partial charge in [0.15, 0.2) is 0 Å². The predicted molar refractivity (Wildman–Crippen MR) is 136 cm³/mol. The maximum absolute atomic E-state index is 12.5. The van der Waals surface area contributed by atoms with E-state index in [9.17, 15) is 23.1 Å². The molecule has 0 radical (unpaired) electrons. The fraction of sp³-hybridized carbons (Fsp3) is 0.185. The number of nitrogens with zero attached hydrogens (tertiary/aromatic N) is 2. The summed E-state index contributed by atoms with van der Waals surface area (Å²) in [4.78, 5) is 24.7. The van der Waals surface area contributed by atoms with Crippen LogP contribution in [0.2, 0.25) is 0 Å². The summed E-state index contributed by atoms with van der Waals surface area (Å²) in [7, 11) is -3.51. The summed E-state index contributed by atoms with van der Waals surface area (Å²) in [6.45, 7) is 4.06. The van der Waals surface area contributed by atoms with Crippen LogP contribution in [0.4, 0.5) is 0 Å². The molecule has 4 aromatic rings. The zero-order valence-corrected chi connectivity index (χ0v) is 20.5. The topological polar surface area (TPSA) is 117 Å². The van der Waals surface area contributed by atoms with E-state index < -0.39 is 22.0 Å². The van der Waals surface area contributed by atoms with Crippen LogP contribution in [-0.4, -0.2) is 52.5 Å². The molecule has 0 bridgehead atoms. The summed E-state index contributed by atoms with van der Waals surface area (Å²) in [5, 5.41) is 19.2. The summed E-state index contributed by atoms with van der Waals surface area (Å²) >= 11 is 0. The summed E-state index contributed by atoms with van der Waals surface area (Å²) < 4.78 is 26.3. The number of likely N-dealkylation sites (tertiary alicyclic amines) is 1. The van der Waals surface area contributed by atoms with Crippen molar-refractivity contribution in [3.05, 3.63) is 101 Å². The first-order valence-corrected chi connectivity index (χ1v) is 12.8. The van der Waals surface area contributed by atoms with E-state index in [0.29, 0.717) is 28.1 Å². The van der Waals surface area contributed by atoms with Crippen LogP contribution in [0.1, 0.15) is 38.3 Å². The smallest absolute Gasteiger partial charge is 0.336 e. The van der Waals surface area contributed by atoms with E-state index in [0.717, 1.165) is 24.9 Å². The van der Waals surface area contributed by atoms with E-state index in [4.69, 9.17) is 5.11 Å². The van der Waals surface area contributed by atoms with Crippen molar-refractivity contribution in [2.75, 3.05) is 13.1 Å². The Morgan fingerprint density at radius 1 is 0.861 bits per heavy atom. The van der Waals surface area contributed by atoms with Crippen molar-refractivity contribution in [3.63, 3.8) is 0 Å². The Hall–Kier alpha value is -3.95. The van der Waals surface area contributed by atoms with Crippen LogP contribution >= 0.6 is 0 Å². The molecule has 1 aliphatic heterocycles. The molecule has 2 heterocycles. The third-order valence-corrected chi connectivity index (χ3v) is 7.91. The van der Waals surface area contributed by atoms with Gasteiger partial charge in [0.05, 0.1) is 21.5 Å². The molecular weight excluding hydrogens is 480 g/mol. The Morgan fingerprint density at radius 2 is 1.53 bits per heavy atom. The molecule has 0 spiro atoms. The summed E-state index contributed by atoms with van der Waals surface area (Å²) in [6, 6.07) is 20.8. The number of rotatable bonds is 6. The van der Waals surface area contributed by atoms with Crippen molar-refractivity contribution in [1.82, 2.24) is 8.87 Å². The lowest BCUT2D eigenvalue weighted by Crippen LogP contribution is -2.36. The van der Waals surface area contributed by atoms with Gasteiger partial charge in [0, 0.05) is 18.1 Å². The normalized spacial score (nSPS) is 13.5. The zero-order chi connectivity index (χ0) is 25.9. The Morgan fingerprint density at radius 3 is 2.14 bits per heavy atom. The van der Waals surface area contributed by atoms with Gasteiger partial charge in [0.1, 0.15) is 0 Å². The summed E-state index contributed by atoms with van der Waals surface area (Å²) in [6.07, 6.45) is 2.72. The first-order valence-electron chi connectivity index (χ1n) is 11.4. The highest BCUT2D eigenvalue weighted by Gasteiger charge is 2.22. The molecule has 0 saturated carbocycles. The van der Waals surface area contributed by atoms with Crippen LogP contribution in [0.15, 0.2) is 83.9 Å². The van der Waals surface area contributed by atoms with Crippen molar-refractivity contribution in [2.24, 2.45) is 0 Å². The lowest BCUT2D eigenvalue weighted by molar-refractivity contribution is 0.0692. The molecule has 0 aliphatic carbocycles. The van der Waals surface area contributed by atoms with Crippen LogP contribution in [0.3, 0.4) is 0 Å². The van der Waals surface area contributed by atoms with Gasteiger partial charge in [-0.2, -0.15) is 0 Å². The molecule has 0 amide bonds. The lowest BCUT2D eigenvalue weighted by atomic mass is 9.96. The van der Waals surface area contributed by atoms with Gasteiger partial charge in [-0.1, -0.05) is 42.5 Å². The van der Waals surface area contributed by atoms with Crippen molar-refractivity contribution < 1.29 is 28.2 Å². The molecule has 9 heteroatoms. The number of para-hydroxylation sites is 1. The second-order valence-corrected chi connectivity index (χ2v) is 10.3. The maximum Gasteiger partial charge on any atom is 0.336 e. The lowest BCUT2D eigenvalue weighted by Gasteiger charge is -2.31. The van der Waals surface area contributed by atoms with Gasteiger partial charge < -0.3 is 10.2 Å². The van der Waals surface area contributed by atoms with Crippen molar-refractivity contribution in [1.29, 1.82) is 0 Å². The third kappa shape index (κ3) is 5.02. The average molecular weight is 507 g/mol. The van der Waals surface area contributed by atoms with Gasteiger partial charge in [-0.25, -0.2) is 22.0 Å². The standard InChI is InChI=1S/C14H11NO2S.C13H15NO4/c16-18(17,13-7-2-1-3-8-13)15-11-10-12-6-4-5-9-14(12)15;1-8-10(12(15)16)4-3-9(11(8)13(17)18)7-14-5-2-6-14/h1-11H;3-4H,2,5-7H2,1H3,(H,15,16)(H,17,18). The Bertz CT molecular complexity index is 1520. The summed E-state index contributed by atoms with van der Waals surface area (Å²) in [5.74, 6) is -2.16. The largest absolute Gasteiger partial charge is 0.478 e. The van der Waals surface area contributed by atoms with Crippen molar-refractivity contribution in [2.45, 2.75) is 24.8 Å². The van der Waals surface area contributed by atoms with E-state index in [1.165, 1.54) is 10.0 Å². The van der Waals surface area contributed by atoms with Gasteiger partial charge in [0.2, 0.25) is 0 Å². The number of hydrogen-bond acceptors (Lipinski definition) is 5. The molecule has 1 aromatic heterocycles. The first kappa shape index (κ1) is 25.2. The highest BCUT2D eigenvalue weighted by molar-refractivity contribution is 7.90. The Kier molecular flexibility index (Phi) is 7.23. The minimum absolute atomic E-state index is 0.0553. The fourth-order valence-electron chi connectivity index (χ4n) is 4.18. The first-order chi connectivity index (χ1) is 17.2. The molecule has 3 aromatic carbocycles. The molecule has 0 unspecified atom stereocenters. The maximum atomic E-state index is 12.5. The highest BCUT2D eigenvalue weighted by atomic mass is 32.2. The predicted octanol–water partition coefficient (Wildman–Crippen LogP) is 4.48. The molecule has 0 atom stereocenters. The summed E-state index contributed by atoms with van der Waals surface area (Å²) in [5.41, 5.74) is 1.89. The monoisotopic (exact) mass is 506 g/mol. The number of fused-ring (bicyclic) bond motifs is 1. The van der Waals surface area contributed by atoms with Gasteiger partial charge in [-0.3, -0.25) is 4.90 Å². The van der Waals surface area contributed by atoms with E-state index in [-0.39, 0.29) is 11.1 Å². The number of carbonyl (C=O) groups is 2. The second kappa shape index (κ2) is 10.3. The van der Waals surface area contributed by atoms with E-state index in [1.807, 2.05) is 18.2 Å². The molecule has 1 aliphatic rings. The number of hydrogen-bond donors (Lipinski definition) is 2. The van der Waals surface area contributed by atoms with E-state index in [1.54, 1.807) is 61.7 Å². The number of carboxylic acids is 2. The molecule has 1 saturated heterocycles. The van der Waals surface area contributed by atoms with Gasteiger partial charge >= 0.3 is 11.9 Å². The van der Waals surface area contributed by atoms with Crippen molar-refractivity contribution >= 4 is 32.9 Å². The molecule has 1 fully saturated rings. The molecule has 8 nitrogen and oxygen atoms in total. The van der Waals surface area contributed by atoms with Crippen molar-refractivity contribution in [3.8, 4) is 0 Å². The average Bonchev–Trinajstić information content (AvgIpc) is 3.27. The van der Waals surface area contributed by atoms with Crippen LogP contribution in [-0.2, 0) is 16.6 Å². The van der Waals surface area contributed by atoms with Gasteiger partial charge in [-0.05, 0) is 67.9 Å². The molecular formula is C27H26N2O6S. The quantitative estimate of drug-likeness (QED) is 0.396. The van der Waals surface area contributed by atoms with Gasteiger partial charge in [-0.15, -0.1) is 0 Å². The fourth-order valence-corrected chi connectivity index (χ4v) is 5.56. The van der Waals surface area contributed by atoms with Crippen LogP contribution < -0.4 is 0 Å². The number of carboxylic acid groups (broad SMARTS) is 2. The highest BCUT2D eigenvalue weighted by Crippen LogP contribution is 2.23. The molecule has 186 valence electrons. The van der Waals surface area contributed by atoms with Crippen LogP contribution in [0, 0.1) is 6.92 Å². The zero-order valence-electron chi connectivity index (χ0n) is 19.7. The van der Waals surface area contributed by atoms with E-state index in [2.05, 4.69) is 4.90 Å². The minimum Gasteiger partial charge on any atom is -0.478 e. The van der Waals surface area contributed by atoms with Crippen LogP contribution in [0.25, 0.3) is 10.9 Å². The third-order valence-electron chi connectivity index (χ3n) is 6.20. The van der Waals surface area contributed by atoms with Crippen LogP contribution in [0.5, 0.6) is 0 Å². The number of aromatic nitrogens is 1. The van der Waals surface area contributed by atoms with E-state index >= 15 is 0 Å². The second-order valence-electron chi connectivity index (χ2n) is 8.50. The Labute approximate surface area is 209 Å². The molecule has 5 rings (SSSR count). The number of aromatic carboxylic acids is 2. The number of benzene rings is 3. The molecule has 36 heavy (non-hydrogen) atoms. The van der Waals surface area contributed by atoms with Gasteiger partial charge in [0.25, 0.3) is 10.0 Å².